The first kappa shape index (κ1) is 12.1. The van der Waals surface area contributed by atoms with Crippen LogP contribution in [0.5, 0.6) is 5.75 Å². The Balaban J connectivity index is 1.96. The third kappa shape index (κ3) is 3.05. The van der Waals surface area contributed by atoms with Crippen LogP contribution in [0.3, 0.4) is 0 Å². The molecule has 1 heterocycles. The zero-order chi connectivity index (χ0) is 13.0. The van der Waals surface area contributed by atoms with E-state index in [1.54, 1.807) is 18.3 Å². The van der Waals surface area contributed by atoms with Crippen LogP contribution in [-0.2, 0) is 17.9 Å². The van der Waals surface area contributed by atoms with Crippen LogP contribution in [0.4, 0.5) is 5.69 Å². The van der Waals surface area contributed by atoms with Gasteiger partial charge in [0.15, 0.2) is 0 Å². The lowest BCUT2D eigenvalue weighted by Crippen LogP contribution is -2.19. The summed E-state index contributed by atoms with van der Waals surface area (Å²) >= 11 is 0. The molecule has 0 unspecified atom stereocenters. The molecule has 0 aliphatic carbocycles. The summed E-state index contributed by atoms with van der Waals surface area (Å²) in [5, 5.41) is 19.4. The standard InChI is InChI=1S/C11H13N5O2/c12-5-9-6-16(15-14-9)7-11(18)13-8-2-1-3-10(17)4-8/h1-4,6,17H,5,7,12H2,(H,13,18). The summed E-state index contributed by atoms with van der Waals surface area (Å²) in [5.74, 6) is -0.159. The van der Waals surface area contributed by atoms with Gasteiger partial charge in [0.2, 0.25) is 5.91 Å². The van der Waals surface area contributed by atoms with Crippen molar-refractivity contribution in [1.82, 2.24) is 15.0 Å². The van der Waals surface area contributed by atoms with Crippen LogP contribution < -0.4 is 11.1 Å². The van der Waals surface area contributed by atoms with Crippen molar-refractivity contribution in [1.29, 1.82) is 0 Å². The number of phenolic OH excluding ortho intramolecular Hbond substituents is 1. The number of benzene rings is 1. The monoisotopic (exact) mass is 247 g/mol. The van der Waals surface area contributed by atoms with E-state index in [0.29, 0.717) is 11.4 Å². The van der Waals surface area contributed by atoms with Gasteiger partial charge in [0.1, 0.15) is 12.3 Å². The van der Waals surface area contributed by atoms with Gasteiger partial charge in [-0.15, -0.1) is 5.10 Å². The van der Waals surface area contributed by atoms with E-state index in [1.807, 2.05) is 0 Å². The van der Waals surface area contributed by atoms with Crippen molar-refractivity contribution in [3.8, 4) is 5.75 Å². The second-order valence-corrected chi connectivity index (χ2v) is 3.71. The first-order chi connectivity index (χ1) is 8.67. The number of amides is 1. The lowest BCUT2D eigenvalue weighted by atomic mass is 10.3. The molecule has 0 fully saturated rings. The molecule has 94 valence electrons. The molecule has 1 aromatic heterocycles. The zero-order valence-electron chi connectivity index (χ0n) is 9.58. The molecule has 4 N–H and O–H groups in total. The maximum Gasteiger partial charge on any atom is 0.246 e. The maximum atomic E-state index is 11.7. The fourth-order valence-electron chi connectivity index (χ4n) is 1.44. The predicted octanol–water partition coefficient (Wildman–Crippen LogP) is 0.0811. The van der Waals surface area contributed by atoms with Gasteiger partial charge in [-0.2, -0.15) is 0 Å². The minimum atomic E-state index is -0.255. The number of rotatable bonds is 4. The average molecular weight is 247 g/mol. The molecule has 2 aromatic rings. The van der Waals surface area contributed by atoms with Crippen LogP contribution >= 0.6 is 0 Å². The second-order valence-electron chi connectivity index (χ2n) is 3.71. The number of carbonyl (C=O) groups excluding carboxylic acids is 1. The number of hydrogen-bond donors (Lipinski definition) is 3. The summed E-state index contributed by atoms with van der Waals surface area (Å²) in [6.45, 7) is 0.330. The van der Waals surface area contributed by atoms with Crippen molar-refractivity contribution in [2.75, 3.05) is 5.32 Å². The zero-order valence-corrected chi connectivity index (χ0v) is 9.58. The SMILES string of the molecule is NCc1cn(CC(=O)Nc2cccc(O)c2)nn1. The molecule has 1 amide bonds. The summed E-state index contributed by atoms with van der Waals surface area (Å²) in [5.41, 5.74) is 6.54. The van der Waals surface area contributed by atoms with Crippen molar-refractivity contribution in [3.05, 3.63) is 36.2 Å². The molecule has 7 nitrogen and oxygen atoms in total. The molecule has 0 bridgehead atoms. The lowest BCUT2D eigenvalue weighted by Gasteiger charge is -2.04. The first-order valence-corrected chi connectivity index (χ1v) is 5.35. The Bertz CT molecular complexity index is 552. The lowest BCUT2D eigenvalue weighted by molar-refractivity contribution is -0.116. The number of phenols is 1. The van der Waals surface area contributed by atoms with Gasteiger partial charge in [0.25, 0.3) is 0 Å². The molecule has 0 atom stereocenters. The number of nitrogens with two attached hydrogens (primary N) is 1. The molecule has 1 aromatic carbocycles. The van der Waals surface area contributed by atoms with Crippen LogP contribution in [0.15, 0.2) is 30.5 Å². The van der Waals surface area contributed by atoms with Gasteiger partial charge in [-0.05, 0) is 12.1 Å². The van der Waals surface area contributed by atoms with Crippen LogP contribution in [-0.4, -0.2) is 26.0 Å². The number of anilines is 1. The summed E-state index contributed by atoms with van der Waals surface area (Å²) in [7, 11) is 0. The van der Waals surface area contributed by atoms with Crippen LogP contribution in [0.25, 0.3) is 0 Å². The van der Waals surface area contributed by atoms with Gasteiger partial charge < -0.3 is 16.2 Å². The molecule has 18 heavy (non-hydrogen) atoms. The number of nitrogens with one attached hydrogen (secondary N) is 1. The normalized spacial score (nSPS) is 10.3. The highest BCUT2D eigenvalue weighted by Gasteiger charge is 2.06. The molecule has 0 spiro atoms. The Morgan fingerprint density at radius 1 is 1.50 bits per heavy atom. The van der Waals surface area contributed by atoms with Gasteiger partial charge in [0, 0.05) is 18.3 Å². The highest BCUT2D eigenvalue weighted by molar-refractivity contribution is 5.90. The van der Waals surface area contributed by atoms with E-state index in [0.717, 1.165) is 0 Å². The van der Waals surface area contributed by atoms with Crippen molar-refractivity contribution in [2.24, 2.45) is 5.73 Å². The van der Waals surface area contributed by atoms with Crippen LogP contribution in [0.1, 0.15) is 5.69 Å². The largest absolute Gasteiger partial charge is 0.508 e. The van der Waals surface area contributed by atoms with E-state index in [-0.39, 0.29) is 24.7 Å². The van der Waals surface area contributed by atoms with Crippen LogP contribution in [0, 0.1) is 0 Å². The molecule has 2 rings (SSSR count). The topological polar surface area (TPSA) is 106 Å². The molecular weight excluding hydrogens is 234 g/mol. The van der Waals surface area contributed by atoms with Crippen molar-refractivity contribution in [3.63, 3.8) is 0 Å². The quantitative estimate of drug-likeness (QED) is 0.709. The Morgan fingerprint density at radius 3 is 3.00 bits per heavy atom. The Morgan fingerprint density at radius 2 is 2.33 bits per heavy atom. The molecule has 0 saturated heterocycles. The molecule has 0 aliphatic rings. The maximum absolute atomic E-state index is 11.7. The van der Waals surface area contributed by atoms with E-state index < -0.39 is 0 Å². The van der Waals surface area contributed by atoms with E-state index >= 15 is 0 Å². The van der Waals surface area contributed by atoms with Gasteiger partial charge in [-0.25, -0.2) is 4.68 Å². The summed E-state index contributed by atoms with van der Waals surface area (Å²) in [6.07, 6.45) is 1.61. The fraction of sp³-hybridized carbons (Fsp3) is 0.182. The van der Waals surface area contributed by atoms with Crippen LogP contribution in [0.2, 0.25) is 0 Å². The summed E-state index contributed by atoms with van der Waals surface area (Å²) in [4.78, 5) is 11.7. The van der Waals surface area contributed by atoms with Gasteiger partial charge >= 0.3 is 0 Å². The number of nitrogens with zero attached hydrogens (tertiary/aromatic N) is 3. The van der Waals surface area contributed by atoms with Crippen molar-refractivity contribution >= 4 is 11.6 Å². The Kier molecular flexibility index (Phi) is 3.54. The van der Waals surface area contributed by atoms with E-state index in [4.69, 9.17) is 5.73 Å². The highest BCUT2D eigenvalue weighted by Crippen LogP contribution is 2.15. The molecule has 0 radical (unpaired) electrons. The highest BCUT2D eigenvalue weighted by atomic mass is 16.3. The summed E-state index contributed by atoms with van der Waals surface area (Å²) in [6, 6.07) is 6.32. The Labute approximate surface area is 103 Å². The van der Waals surface area contributed by atoms with E-state index in [9.17, 15) is 9.90 Å². The minimum absolute atomic E-state index is 0.0443. The average Bonchev–Trinajstić information content (AvgIpc) is 2.76. The second kappa shape index (κ2) is 5.28. The van der Waals surface area contributed by atoms with E-state index in [2.05, 4.69) is 15.6 Å². The number of hydrogen-bond acceptors (Lipinski definition) is 5. The molecule has 0 aliphatic heterocycles. The van der Waals surface area contributed by atoms with Crippen molar-refractivity contribution in [2.45, 2.75) is 13.1 Å². The van der Waals surface area contributed by atoms with Crippen molar-refractivity contribution < 1.29 is 9.90 Å². The fourth-order valence-corrected chi connectivity index (χ4v) is 1.44. The third-order valence-corrected chi connectivity index (χ3v) is 2.23. The predicted molar refractivity (Wildman–Crippen MR) is 64.6 cm³/mol. The number of carbonyl (C=O) groups is 1. The first-order valence-electron chi connectivity index (χ1n) is 5.35. The smallest absolute Gasteiger partial charge is 0.246 e. The third-order valence-electron chi connectivity index (χ3n) is 2.23. The summed E-state index contributed by atoms with van der Waals surface area (Å²) < 4.78 is 1.40. The van der Waals surface area contributed by atoms with E-state index in [1.165, 1.54) is 16.8 Å². The van der Waals surface area contributed by atoms with Gasteiger partial charge in [-0.1, -0.05) is 11.3 Å². The molecule has 7 heteroatoms. The van der Waals surface area contributed by atoms with Gasteiger partial charge in [-0.3, -0.25) is 4.79 Å². The number of aromatic nitrogens is 3. The Hall–Kier alpha value is -2.41. The van der Waals surface area contributed by atoms with Gasteiger partial charge in [0.05, 0.1) is 11.9 Å². The molecule has 0 saturated carbocycles. The minimum Gasteiger partial charge on any atom is -0.508 e. The number of aromatic hydroxyl groups is 1. The molecular formula is C11H13N5O2.